The third kappa shape index (κ3) is 1.86. The molecule has 2 rings (SSSR count). The first kappa shape index (κ1) is 10.9. The van der Waals surface area contributed by atoms with E-state index in [1.165, 1.54) is 0 Å². The van der Waals surface area contributed by atoms with Gasteiger partial charge < -0.3 is 14.7 Å². The van der Waals surface area contributed by atoms with Gasteiger partial charge in [0.05, 0.1) is 13.2 Å². The van der Waals surface area contributed by atoms with Gasteiger partial charge in [0.2, 0.25) is 0 Å². The van der Waals surface area contributed by atoms with Crippen molar-refractivity contribution in [2.45, 2.75) is 0 Å². The van der Waals surface area contributed by atoms with E-state index >= 15 is 0 Å². The number of carbonyl (C=O) groups is 1. The Morgan fingerprint density at radius 3 is 2.81 bits per heavy atom. The lowest BCUT2D eigenvalue weighted by Crippen LogP contribution is -2.55. The molecule has 0 spiro atoms. The number of aromatic nitrogens is 1. The average Bonchev–Trinajstić information content (AvgIpc) is 2.24. The smallest absolute Gasteiger partial charge is 0.316 e. The summed E-state index contributed by atoms with van der Waals surface area (Å²) in [5.41, 5.74) is -0.772. The fourth-order valence-electron chi connectivity index (χ4n) is 1.75. The first-order valence-electron chi connectivity index (χ1n) is 5.07. The van der Waals surface area contributed by atoms with Crippen molar-refractivity contribution in [2.24, 2.45) is 5.41 Å². The van der Waals surface area contributed by atoms with Crippen molar-refractivity contribution in [3.8, 4) is 0 Å². The van der Waals surface area contributed by atoms with E-state index in [-0.39, 0.29) is 13.2 Å². The summed E-state index contributed by atoms with van der Waals surface area (Å²) in [6.07, 6.45) is 1.69. The molecule has 1 saturated heterocycles. The van der Waals surface area contributed by atoms with Gasteiger partial charge in [0.25, 0.3) is 0 Å². The molecule has 86 valence electrons. The van der Waals surface area contributed by atoms with Gasteiger partial charge >= 0.3 is 5.97 Å². The molecule has 1 N–H and O–H groups in total. The molecule has 5 heteroatoms. The second-order valence-corrected chi connectivity index (χ2v) is 4.12. The van der Waals surface area contributed by atoms with E-state index in [2.05, 4.69) is 4.98 Å². The van der Waals surface area contributed by atoms with Crippen molar-refractivity contribution >= 4 is 11.8 Å². The highest BCUT2D eigenvalue weighted by atomic mass is 16.5. The predicted octanol–water partition coefficient (Wildman–Crippen LogP) is 0.619. The first-order valence-corrected chi connectivity index (χ1v) is 5.07. The number of hydrogen-bond donors (Lipinski definition) is 1. The molecule has 0 atom stereocenters. The molecule has 0 unspecified atom stereocenters. The average molecular weight is 222 g/mol. The highest BCUT2D eigenvalue weighted by molar-refractivity contribution is 5.77. The molecule has 0 radical (unpaired) electrons. The maximum absolute atomic E-state index is 11.1. The van der Waals surface area contributed by atoms with Crippen molar-refractivity contribution in [1.82, 2.24) is 4.98 Å². The quantitative estimate of drug-likeness (QED) is 0.809. The van der Waals surface area contributed by atoms with E-state index in [0.29, 0.717) is 6.54 Å². The van der Waals surface area contributed by atoms with Crippen LogP contribution < -0.4 is 4.90 Å². The van der Waals surface area contributed by atoms with Gasteiger partial charge in [0.15, 0.2) is 0 Å². The summed E-state index contributed by atoms with van der Waals surface area (Å²) in [4.78, 5) is 17.2. The number of rotatable bonds is 4. The fraction of sp³-hybridized carbons (Fsp3) is 0.455. The second kappa shape index (κ2) is 4.09. The van der Waals surface area contributed by atoms with Gasteiger partial charge in [-0.25, -0.2) is 4.98 Å². The minimum absolute atomic E-state index is 0.277. The lowest BCUT2D eigenvalue weighted by Gasteiger charge is -2.40. The minimum Gasteiger partial charge on any atom is -0.481 e. The standard InChI is InChI=1S/C11H14N2O3/c1-13(9-4-2-3-5-12-9)6-11(10(14)15)7-16-8-11/h2-5H,6-8H2,1H3,(H,14,15). The van der Waals surface area contributed by atoms with Crippen LogP contribution in [-0.4, -0.2) is 42.9 Å². The second-order valence-electron chi connectivity index (χ2n) is 4.12. The highest BCUT2D eigenvalue weighted by Crippen LogP contribution is 2.29. The summed E-state index contributed by atoms with van der Waals surface area (Å²) in [5, 5.41) is 9.15. The summed E-state index contributed by atoms with van der Waals surface area (Å²) in [6, 6.07) is 5.56. The van der Waals surface area contributed by atoms with E-state index in [1.54, 1.807) is 6.20 Å². The largest absolute Gasteiger partial charge is 0.481 e. The number of hydrogen-bond acceptors (Lipinski definition) is 4. The molecule has 0 saturated carbocycles. The van der Waals surface area contributed by atoms with Crippen LogP contribution in [0.15, 0.2) is 24.4 Å². The number of aliphatic carboxylic acids is 1. The van der Waals surface area contributed by atoms with Gasteiger partial charge in [-0.3, -0.25) is 4.79 Å². The number of nitrogens with zero attached hydrogens (tertiary/aromatic N) is 2. The molecule has 0 bridgehead atoms. The Balaban J connectivity index is 2.07. The molecule has 1 aliphatic heterocycles. The fourth-order valence-corrected chi connectivity index (χ4v) is 1.75. The Kier molecular flexibility index (Phi) is 2.78. The van der Waals surface area contributed by atoms with Gasteiger partial charge in [-0.1, -0.05) is 6.07 Å². The van der Waals surface area contributed by atoms with Crippen molar-refractivity contribution in [3.63, 3.8) is 0 Å². The molecule has 1 aliphatic rings. The number of carboxylic acids is 1. The Hall–Kier alpha value is -1.62. The van der Waals surface area contributed by atoms with Gasteiger partial charge in [-0.2, -0.15) is 0 Å². The van der Waals surface area contributed by atoms with E-state index in [0.717, 1.165) is 5.82 Å². The van der Waals surface area contributed by atoms with E-state index in [9.17, 15) is 4.79 Å². The molecule has 0 amide bonds. The van der Waals surface area contributed by atoms with Gasteiger partial charge in [0.1, 0.15) is 11.2 Å². The topological polar surface area (TPSA) is 62.7 Å². The molecule has 16 heavy (non-hydrogen) atoms. The molecule has 0 aliphatic carbocycles. The highest BCUT2D eigenvalue weighted by Gasteiger charge is 2.47. The zero-order valence-corrected chi connectivity index (χ0v) is 9.09. The molecule has 0 aromatic carbocycles. The first-order chi connectivity index (χ1) is 7.64. The molecular formula is C11H14N2O3. The van der Waals surface area contributed by atoms with Crippen molar-refractivity contribution in [2.75, 3.05) is 31.7 Å². The SMILES string of the molecule is CN(CC1(C(=O)O)COC1)c1ccccn1. The minimum atomic E-state index is -0.804. The molecule has 1 aromatic heterocycles. The van der Waals surface area contributed by atoms with Crippen LogP contribution in [-0.2, 0) is 9.53 Å². The predicted molar refractivity (Wildman–Crippen MR) is 58.4 cm³/mol. The Morgan fingerprint density at radius 2 is 2.38 bits per heavy atom. The molecule has 1 aromatic rings. The molecule has 1 fully saturated rings. The summed E-state index contributed by atoms with van der Waals surface area (Å²) in [5.74, 6) is -0.0310. The maximum atomic E-state index is 11.1. The van der Waals surface area contributed by atoms with Crippen molar-refractivity contribution in [1.29, 1.82) is 0 Å². The third-order valence-corrected chi connectivity index (χ3v) is 2.79. The van der Waals surface area contributed by atoms with E-state index < -0.39 is 11.4 Å². The van der Waals surface area contributed by atoms with Crippen LogP contribution in [0.1, 0.15) is 0 Å². The van der Waals surface area contributed by atoms with Crippen LogP contribution in [0.3, 0.4) is 0 Å². The normalized spacial score (nSPS) is 17.6. The summed E-state index contributed by atoms with van der Waals surface area (Å²) in [7, 11) is 1.84. The van der Waals surface area contributed by atoms with E-state index in [1.807, 2.05) is 30.1 Å². The summed E-state index contributed by atoms with van der Waals surface area (Å²) < 4.78 is 5.01. The monoisotopic (exact) mass is 222 g/mol. The Labute approximate surface area is 93.7 Å². The van der Waals surface area contributed by atoms with Gasteiger partial charge in [-0.05, 0) is 12.1 Å². The van der Waals surface area contributed by atoms with Crippen molar-refractivity contribution < 1.29 is 14.6 Å². The van der Waals surface area contributed by atoms with Crippen LogP contribution in [0.2, 0.25) is 0 Å². The zero-order valence-electron chi connectivity index (χ0n) is 9.09. The van der Waals surface area contributed by atoms with Crippen LogP contribution in [0.4, 0.5) is 5.82 Å². The Bertz CT molecular complexity index is 376. The number of pyridine rings is 1. The lowest BCUT2D eigenvalue weighted by molar-refractivity contribution is -0.177. The molecule has 5 nitrogen and oxygen atoms in total. The lowest BCUT2D eigenvalue weighted by atomic mass is 9.85. The number of ether oxygens (including phenoxy) is 1. The van der Waals surface area contributed by atoms with Gasteiger partial charge in [0, 0.05) is 19.8 Å². The zero-order chi connectivity index (χ0) is 11.6. The van der Waals surface area contributed by atoms with Crippen molar-refractivity contribution in [3.05, 3.63) is 24.4 Å². The molecule has 2 heterocycles. The van der Waals surface area contributed by atoms with Crippen LogP contribution in [0, 0.1) is 5.41 Å². The molecular weight excluding hydrogens is 208 g/mol. The van der Waals surface area contributed by atoms with Gasteiger partial charge in [-0.15, -0.1) is 0 Å². The number of carboxylic acid groups (broad SMARTS) is 1. The third-order valence-electron chi connectivity index (χ3n) is 2.79. The van der Waals surface area contributed by atoms with Crippen LogP contribution in [0.5, 0.6) is 0 Å². The van der Waals surface area contributed by atoms with Crippen LogP contribution in [0.25, 0.3) is 0 Å². The number of anilines is 1. The van der Waals surface area contributed by atoms with Crippen LogP contribution >= 0.6 is 0 Å². The maximum Gasteiger partial charge on any atom is 0.316 e. The van der Waals surface area contributed by atoms with E-state index in [4.69, 9.17) is 9.84 Å². The Morgan fingerprint density at radius 1 is 1.62 bits per heavy atom. The summed E-state index contributed by atoms with van der Waals surface area (Å²) >= 11 is 0. The summed E-state index contributed by atoms with van der Waals surface area (Å²) in [6.45, 7) is 0.971.